The molecule has 6 heteroatoms. The molecule has 1 aliphatic heterocycles. The highest BCUT2D eigenvalue weighted by Gasteiger charge is 2.41. The lowest BCUT2D eigenvalue weighted by atomic mass is 9.91. The van der Waals surface area contributed by atoms with Crippen LogP contribution in [0.1, 0.15) is 41.5 Å². The van der Waals surface area contributed by atoms with Crippen LogP contribution in [0.15, 0.2) is 41.8 Å². The molecule has 1 fully saturated rings. The molecule has 1 unspecified atom stereocenters. The van der Waals surface area contributed by atoms with Gasteiger partial charge in [-0.2, -0.15) is 0 Å². The number of likely N-dealkylation sites (tertiary alicyclic amines) is 1. The van der Waals surface area contributed by atoms with Crippen molar-refractivity contribution in [1.82, 2.24) is 10.2 Å². The lowest BCUT2D eigenvalue weighted by molar-refractivity contribution is -0.145. The van der Waals surface area contributed by atoms with Gasteiger partial charge in [-0.15, -0.1) is 11.3 Å². The predicted octanol–water partition coefficient (Wildman–Crippen LogP) is 3.37. The van der Waals surface area contributed by atoms with Crippen molar-refractivity contribution in [3.8, 4) is 0 Å². The molecule has 0 aliphatic carbocycles. The van der Waals surface area contributed by atoms with Crippen LogP contribution in [0.3, 0.4) is 0 Å². The second kappa shape index (κ2) is 6.36. The number of benzene rings is 1. The van der Waals surface area contributed by atoms with Gasteiger partial charge < -0.3 is 10.2 Å². The van der Waals surface area contributed by atoms with E-state index in [4.69, 9.17) is 0 Å². The van der Waals surface area contributed by atoms with Gasteiger partial charge in [-0.05, 0) is 49.4 Å². The average molecular weight is 346 g/mol. The fraction of sp³-hybridized carbons (Fsp3) is 0.333. The molecule has 0 spiro atoms. The molecule has 1 atom stereocenters. The highest BCUT2D eigenvalue weighted by molar-refractivity contribution is 7.12. The van der Waals surface area contributed by atoms with E-state index in [0.717, 1.165) is 12.0 Å². The zero-order valence-electron chi connectivity index (χ0n) is 13.6. The van der Waals surface area contributed by atoms with E-state index in [1.54, 1.807) is 43.0 Å². The van der Waals surface area contributed by atoms with E-state index < -0.39 is 5.54 Å². The summed E-state index contributed by atoms with van der Waals surface area (Å²) >= 11 is 1.34. The highest BCUT2D eigenvalue weighted by atomic mass is 32.1. The second-order valence-electron chi connectivity index (χ2n) is 6.41. The Bertz CT molecular complexity index is 741. The summed E-state index contributed by atoms with van der Waals surface area (Å²) in [5.74, 6) is -0.672. The highest BCUT2D eigenvalue weighted by Crippen LogP contribution is 2.35. The van der Waals surface area contributed by atoms with E-state index in [2.05, 4.69) is 5.32 Å². The summed E-state index contributed by atoms with van der Waals surface area (Å²) in [5, 5.41) is 4.63. The van der Waals surface area contributed by atoms with Gasteiger partial charge in [-0.3, -0.25) is 9.59 Å². The zero-order chi connectivity index (χ0) is 17.3. The molecule has 1 saturated heterocycles. The molecule has 24 heavy (non-hydrogen) atoms. The molecule has 1 aliphatic rings. The third kappa shape index (κ3) is 3.19. The molecule has 3 rings (SSSR count). The van der Waals surface area contributed by atoms with Crippen molar-refractivity contribution in [3.05, 3.63) is 58.0 Å². The Balaban J connectivity index is 1.70. The largest absolute Gasteiger partial charge is 0.337 e. The maximum Gasteiger partial charge on any atom is 0.262 e. The fourth-order valence-electron chi connectivity index (χ4n) is 2.83. The second-order valence-corrected chi connectivity index (χ2v) is 7.36. The topological polar surface area (TPSA) is 49.4 Å². The smallest absolute Gasteiger partial charge is 0.262 e. The molecule has 126 valence electrons. The normalized spacial score (nSPS) is 17.3. The number of rotatable bonds is 4. The molecular weight excluding hydrogens is 327 g/mol. The van der Waals surface area contributed by atoms with E-state index in [0.29, 0.717) is 11.4 Å². The number of amides is 2. The van der Waals surface area contributed by atoms with E-state index >= 15 is 0 Å². The molecule has 4 nitrogen and oxygen atoms in total. The molecule has 1 aromatic carbocycles. The molecule has 2 aromatic rings. The van der Waals surface area contributed by atoms with Crippen molar-refractivity contribution >= 4 is 23.2 Å². The van der Waals surface area contributed by atoms with Crippen molar-refractivity contribution in [2.24, 2.45) is 0 Å². The predicted molar refractivity (Wildman–Crippen MR) is 91.3 cm³/mol. The van der Waals surface area contributed by atoms with Crippen molar-refractivity contribution in [1.29, 1.82) is 0 Å². The summed E-state index contributed by atoms with van der Waals surface area (Å²) in [4.78, 5) is 27.4. The maximum atomic E-state index is 13.1. The third-order valence-electron chi connectivity index (χ3n) is 4.24. The lowest BCUT2D eigenvalue weighted by Gasteiger charge is -2.45. The van der Waals surface area contributed by atoms with Gasteiger partial charge in [0.1, 0.15) is 11.4 Å². The van der Waals surface area contributed by atoms with Crippen LogP contribution in [0.4, 0.5) is 4.39 Å². The van der Waals surface area contributed by atoms with Gasteiger partial charge in [-0.25, -0.2) is 4.39 Å². The van der Waals surface area contributed by atoms with Gasteiger partial charge in [0, 0.05) is 6.54 Å². The van der Waals surface area contributed by atoms with Crippen molar-refractivity contribution < 1.29 is 14.0 Å². The number of thiophene rings is 1. The number of hydrogen-bond acceptors (Lipinski definition) is 3. The standard InChI is InChI=1S/C18H19FN2O2S/c1-18(2,20-16(22)15-4-3-11-24-15)17(23)21-10-9-14(21)12-5-7-13(19)8-6-12/h3-8,11,14H,9-10H2,1-2H3,(H,20,22). The lowest BCUT2D eigenvalue weighted by Crippen LogP contribution is -2.59. The molecule has 1 aromatic heterocycles. The van der Waals surface area contributed by atoms with Gasteiger partial charge in [0.05, 0.1) is 10.9 Å². The van der Waals surface area contributed by atoms with Crippen molar-refractivity contribution in [3.63, 3.8) is 0 Å². The monoisotopic (exact) mass is 346 g/mol. The number of carbonyl (C=O) groups excluding carboxylic acids is 2. The Labute approximate surface area is 144 Å². The minimum atomic E-state index is -1.00. The first-order valence-electron chi connectivity index (χ1n) is 7.81. The molecule has 0 radical (unpaired) electrons. The Morgan fingerprint density at radius 1 is 1.25 bits per heavy atom. The van der Waals surface area contributed by atoms with Gasteiger partial charge >= 0.3 is 0 Å². The molecule has 0 bridgehead atoms. The number of halogens is 1. The van der Waals surface area contributed by atoms with Gasteiger partial charge in [0.25, 0.3) is 5.91 Å². The summed E-state index contributed by atoms with van der Waals surface area (Å²) in [6.07, 6.45) is 0.840. The van der Waals surface area contributed by atoms with E-state index in [9.17, 15) is 14.0 Å². The van der Waals surface area contributed by atoms with Crippen LogP contribution in [0.5, 0.6) is 0 Å². The first-order chi connectivity index (χ1) is 11.4. The third-order valence-corrected chi connectivity index (χ3v) is 5.11. The van der Waals surface area contributed by atoms with Gasteiger partial charge in [-0.1, -0.05) is 18.2 Å². The summed E-state index contributed by atoms with van der Waals surface area (Å²) in [6.45, 7) is 4.06. The fourth-order valence-corrected chi connectivity index (χ4v) is 3.45. The van der Waals surface area contributed by atoms with Crippen LogP contribution >= 0.6 is 11.3 Å². The Morgan fingerprint density at radius 3 is 2.50 bits per heavy atom. The first-order valence-corrected chi connectivity index (χ1v) is 8.69. The van der Waals surface area contributed by atoms with Crippen LogP contribution in [-0.2, 0) is 4.79 Å². The zero-order valence-corrected chi connectivity index (χ0v) is 14.4. The van der Waals surface area contributed by atoms with Crippen LogP contribution in [0.2, 0.25) is 0 Å². The van der Waals surface area contributed by atoms with Gasteiger partial charge in [0.2, 0.25) is 5.91 Å². The molecule has 2 amide bonds. The van der Waals surface area contributed by atoms with Crippen molar-refractivity contribution in [2.75, 3.05) is 6.54 Å². The van der Waals surface area contributed by atoms with Gasteiger partial charge in [0.15, 0.2) is 0 Å². The maximum absolute atomic E-state index is 13.1. The van der Waals surface area contributed by atoms with Crippen LogP contribution in [0.25, 0.3) is 0 Å². The molecular formula is C18H19FN2O2S. The van der Waals surface area contributed by atoms with Crippen LogP contribution in [-0.4, -0.2) is 28.8 Å². The van der Waals surface area contributed by atoms with E-state index in [-0.39, 0.29) is 23.7 Å². The summed E-state index contributed by atoms with van der Waals surface area (Å²) in [5.41, 5.74) is -0.0869. The summed E-state index contributed by atoms with van der Waals surface area (Å²) in [7, 11) is 0. The number of carbonyl (C=O) groups is 2. The Hall–Kier alpha value is -2.21. The quantitative estimate of drug-likeness (QED) is 0.923. The summed E-state index contributed by atoms with van der Waals surface area (Å²) < 4.78 is 13.1. The molecule has 2 heterocycles. The van der Waals surface area contributed by atoms with E-state index in [1.807, 2.05) is 5.38 Å². The van der Waals surface area contributed by atoms with E-state index in [1.165, 1.54) is 23.5 Å². The summed E-state index contributed by atoms with van der Waals surface area (Å²) in [6, 6.07) is 9.68. The van der Waals surface area contributed by atoms with Crippen LogP contribution in [0, 0.1) is 5.82 Å². The number of hydrogen-bond donors (Lipinski definition) is 1. The minimum Gasteiger partial charge on any atom is -0.337 e. The number of nitrogens with one attached hydrogen (secondary N) is 1. The Kier molecular flexibility index (Phi) is 4.41. The molecule has 1 N–H and O–H groups in total. The van der Waals surface area contributed by atoms with Crippen LogP contribution < -0.4 is 5.32 Å². The number of nitrogens with zero attached hydrogens (tertiary/aromatic N) is 1. The minimum absolute atomic E-state index is 0.0592. The average Bonchev–Trinajstić information content (AvgIpc) is 3.02. The molecule has 0 saturated carbocycles. The first kappa shape index (κ1) is 16.6. The SMILES string of the molecule is CC(C)(NC(=O)c1cccs1)C(=O)N1CCC1c1ccc(F)cc1. The van der Waals surface area contributed by atoms with Crippen molar-refractivity contribution in [2.45, 2.75) is 31.8 Å². The Morgan fingerprint density at radius 2 is 1.96 bits per heavy atom.